The standard InChI is InChI=1S/C20H30N4O.HI/c1-5-21-20(22-13-9-12-18-10-7-6-8-11-18)23-14-15(2)19-16(3)24-25-17(19)4;/h6-8,10-11,15H,5,9,12-14H2,1-4H3,(H2,21,22,23);1H. The van der Waals surface area contributed by atoms with Crippen LogP contribution in [0.2, 0.25) is 0 Å². The molecular weight excluding hydrogens is 439 g/mol. The molecule has 1 heterocycles. The molecule has 2 aromatic rings. The quantitative estimate of drug-likeness (QED) is 0.263. The third-order valence-electron chi connectivity index (χ3n) is 4.23. The molecule has 0 fully saturated rings. The molecule has 26 heavy (non-hydrogen) atoms. The van der Waals surface area contributed by atoms with E-state index in [0.717, 1.165) is 43.3 Å². The Kier molecular flexibility index (Phi) is 10.3. The fourth-order valence-corrected chi connectivity index (χ4v) is 3.00. The molecule has 0 radical (unpaired) electrons. The molecule has 2 N–H and O–H groups in total. The van der Waals surface area contributed by atoms with Gasteiger partial charge < -0.3 is 15.2 Å². The zero-order valence-electron chi connectivity index (χ0n) is 16.2. The predicted octanol–water partition coefficient (Wildman–Crippen LogP) is 4.20. The first-order valence-electron chi connectivity index (χ1n) is 9.10. The van der Waals surface area contributed by atoms with Gasteiger partial charge in [-0.05, 0) is 39.2 Å². The summed E-state index contributed by atoms with van der Waals surface area (Å²) >= 11 is 0. The summed E-state index contributed by atoms with van der Waals surface area (Å²) in [4.78, 5) is 4.72. The zero-order chi connectivity index (χ0) is 18.1. The molecule has 2 rings (SSSR count). The molecule has 0 bridgehead atoms. The Morgan fingerprint density at radius 1 is 1.19 bits per heavy atom. The topological polar surface area (TPSA) is 62.5 Å². The van der Waals surface area contributed by atoms with Gasteiger partial charge in [0.25, 0.3) is 0 Å². The maximum atomic E-state index is 5.26. The van der Waals surface area contributed by atoms with E-state index in [9.17, 15) is 0 Å². The summed E-state index contributed by atoms with van der Waals surface area (Å²) in [6.07, 6.45) is 2.15. The van der Waals surface area contributed by atoms with Gasteiger partial charge in [-0.3, -0.25) is 4.99 Å². The van der Waals surface area contributed by atoms with E-state index in [0.29, 0.717) is 6.54 Å². The Morgan fingerprint density at radius 2 is 1.92 bits per heavy atom. The van der Waals surface area contributed by atoms with E-state index in [1.54, 1.807) is 0 Å². The third-order valence-corrected chi connectivity index (χ3v) is 4.23. The molecule has 0 spiro atoms. The molecule has 1 atom stereocenters. The normalized spacial score (nSPS) is 12.4. The lowest BCUT2D eigenvalue weighted by molar-refractivity contribution is 0.391. The van der Waals surface area contributed by atoms with E-state index in [1.807, 2.05) is 13.8 Å². The number of hydrogen-bond acceptors (Lipinski definition) is 3. The molecule has 6 heteroatoms. The fraction of sp³-hybridized carbons (Fsp3) is 0.500. The van der Waals surface area contributed by atoms with Gasteiger partial charge in [-0.15, -0.1) is 24.0 Å². The van der Waals surface area contributed by atoms with Crippen LogP contribution in [0.5, 0.6) is 0 Å². The maximum absolute atomic E-state index is 5.26. The molecule has 0 aliphatic carbocycles. The van der Waals surface area contributed by atoms with Crippen molar-refractivity contribution in [3.63, 3.8) is 0 Å². The second-order valence-corrected chi connectivity index (χ2v) is 6.37. The summed E-state index contributed by atoms with van der Waals surface area (Å²) in [5, 5.41) is 10.8. The van der Waals surface area contributed by atoms with E-state index < -0.39 is 0 Å². The zero-order valence-corrected chi connectivity index (χ0v) is 18.5. The van der Waals surface area contributed by atoms with Crippen LogP contribution in [0, 0.1) is 13.8 Å². The number of aromatic nitrogens is 1. The van der Waals surface area contributed by atoms with E-state index in [2.05, 4.69) is 60.0 Å². The smallest absolute Gasteiger partial charge is 0.191 e. The van der Waals surface area contributed by atoms with Crippen LogP contribution >= 0.6 is 24.0 Å². The number of nitrogens with zero attached hydrogens (tertiary/aromatic N) is 2. The Balaban J connectivity index is 0.00000338. The van der Waals surface area contributed by atoms with Crippen LogP contribution in [-0.4, -0.2) is 30.8 Å². The number of rotatable bonds is 8. The number of aryl methyl sites for hydroxylation is 3. The van der Waals surface area contributed by atoms with Gasteiger partial charge in [0.1, 0.15) is 5.76 Å². The minimum atomic E-state index is 0. The van der Waals surface area contributed by atoms with Crippen molar-refractivity contribution >= 4 is 29.9 Å². The second kappa shape index (κ2) is 11.9. The first-order valence-corrected chi connectivity index (χ1v) is 9.10. The van der Waals surface area contributed by atoms with Crippen LogP contribution in [0.15, 0.2) is 39.8 Å². The lowest BCUT2D eigenvalue weighted by atomic mass is 10.00. The van der Waals surface area contributed by atoms with Gasteiger partial charge in [0.2, 0.25) is 0 Å². The molecule has 144 valence electrons. The summed E-state index contributed by atoms with van der Waals surface area (Å²) in [5.41, 5.74) is 3.50. The van der Waals surface area contributed by atoms with Gasteiger partial charge in [0.05, 0.1) is 5.69 Å². The van der Waals surface area contributed by atoms with Crippen molar-refractivity contribution in [2.75, 3.05) is 19.6 Å². The monoisotopic (exact) mass is 470 g/mol. The SMILES string of the molecule is CCNC(=NCC(C)c1c(C)noc1C)NCCCc1ccccc1.I. The minimum absolute atomic E-state index is 0. The molecule has 1 aromatic carbocycles. The summed E-state index contributed by atoms with van der Waals surface area (Å²) in [6, 6.07) is 10.6. The lowest BCUT2D eigenvalue weighted by Gasteiger charge is -2.13. The molecule has 0 aliphatic rings. The van der Waals surface area contributed by atoms with Gasteiger partial charge in [0, 0.05) is 31.1 Å². The highest BCUT2D eigenvalue weighted by Gasteiger charge is 2.16. The average molecular weight is 470 g/mol. The van der Waals surface area contributed by atoms with E-state index in [-0.39, 0.29) is 29.9 Å². The first kappa shape index (κ1) is 22.5. The lowest BCUT2D eigenvalue weighted by Crippen LogP contribution is -2.38. The Morgan fingerprint density at radius 3 is 2.54 bits per heavy atom. The summed E-state index contributed by atoms with van der Waals surface area (Å²) in [6.45, 7) is 10.6. The largest absolute Gasteiger partial charge is 0.361 e. The summed E-state index contributed by atoms with van der Waals surface area (Å²) < 4.78 is 5.26. The van der Waals surface area contributed by atoms with Gasteiger partial charge in [-0.25, -0.2) is 0 Å². The molecule has 0 amide bonds. The number of nitrogens with one attached hydrogen (secondary N) is 2. The third kappa shape index (κ3) is 6.97. The number of halogens is 1. The average Bonchev–Trinajstić information content (AvgIpc) is 2.95. The van der Waals surface area contributed by atoms with Crippen molar-refractivity contribution in [3.8, 4) is 0 Å². The van der Waals surface area contributed by atoms with Crippen molar-refractivity contribution in [2.24, 2.45) is 4.99 Å². The first-order chi connectivity index (χ1) is 12.1. The van der Waals surface area contributed by atoms with Gasteiger partial charge in [-0.2, -0.15) is 0 Å². The van der Waals surface area contributed by atoms with Crippen molar-refractivity contribution in [2.45, 2.75) is 46.5 Å². The predicted molar refractivity (Wildman–Crippen MR) is 119 cm³/mol. The molecule has 0 saturated carbocycles. The van der Waals surface area contributed by atoms with Crippen LogP contribution < -0.4 is 10.6 Å². The summed E-state index contributed by atoms with van der Waals surface area (Å²) in [5.74, 6) is 2.04. The van der Waals surface area contributed by atoms with Crippen LogP contribution in [0.1, 0.15) is 48.8 Å². The summed E-state index contributed by atoms with van der Waals surface area (Å²) in [7, 11) is 0. The number of benzene rings is 1. The fourth-order valence-electron chi connectivity index (χ4n) is 3.00. The number of hydrogen-bond donors (Lipinski definition) is 2. The van der Waals surface area contributed by atoms with Gasteiger partial charge in [-0.1, -0.05) is 42.4 Å². The van der Waals surface area contributed by atoms with E-state index >= 15 is 0 Å². The van der Waals surface area contributed by atoms with Crippen molar-refractivity contribution in [3.05, 3.63) is 52.9 Å². The molecule has 0 saturated heterocycles. The van der Waals surface area contributed by atoms with Crippen LogP contribution in [0.3, 0.4) is 0 Å². The van der Waals surface area contributed by atoms with Crippen molar-refractivity contribution in [1.29, 1.82) is 0 Å². The van der Waals surface area contributed by atoms with Crippen molar-refractivity contribution < 1.29 is 4.52 Å². The Hall–Kier alpha value is -1.57. The molecule has 1 aromatic heterocycles. The van der Waals surface area contributed by atoms with Crippen molar-refractivity contribution in [1.82, 2.24) is 15.8 Å². The highest BCUT2D eigenvalue weighted by molar-refractivity contribution is 14.0. The highest BCUT2D eigenvalue weighted by atomic mass is 127. The number of aliphatic imine (C=N–C) groups is 1. The molecule has 1 unspecified atom stereocenters. The number of guanidine groups is 1. The van der Waals surface area contributed by atoms with E-state index in [1.165, 1.54) is 11.1 Å². The van der Waals surface area contributed by atoms with Gasteiger partial charge in [0.15, 0.2) is 5.96 Å². The van der Waals surface area contributed by atoms with Crippen LogP contribution in [0.4, 0.5) is 0 Å². The molecule has 5 nitrogen and oxygen atoms in total. The highest BCUT2D eigenvalue weighted by Crippen LogP contribution is 2.23. The van der Waals surface area contributed by atoms with Gasteiger partial charge >= 0.3 is 0 Å². The Bertz CT molecular complexity index is 650. The van der Waals surface area contributed by atoms with E-state index in [4.69, 9.17) is 9.52 Å². The molecular formula is C20H31IN4O. The Labute approximate surface area is 174 Å². The van der Waals surface area contributed by atoms with Crippen LogP contribution in [0.25, 0.3) is 0 Å². The maximum Gasteiger partial charge on any atom is 0.191 e. The minimum Gasteiger partial charge on any atom is -0.361 e. The van der Waals surface area contributed by atoms with Crippen LogP contribution in [-0.2, 0) is 6.42 Å². The molecule has 0 aliphatic heterocycles. The second-order valence-electron chi connectivity index (χ2n) is 6.37.